The fourth-order valence-electron chi connectivity index (χ4n) is 2.52. The van der Waals surface area contributed by atoms with Crippen LogP contribution in [-0.2, 0) is 0 Å². The smallest absolute Gasteiger partial charge is 0.0602 e. The van der Waals surface area contributed by atoms with Gasteiger partial charge in [0.25, 0.3) is 0 Å². The number of hydrogen-bond donors (Lipinski definition) is 2. The molecule has 1 heterocycles. The van der Waals surface area contributed by atoms with Gasteiger partial charge >= 0.3 is 0 Å². The zero-order chi connectivity index (χ0) is 12.3. The van der Waals surface area contributed by atoms with Crippen molar-refractivity contribution in [2.24, 2.45) is 23.5 Å². The minimum atomic E-state index is 0.0746. The van der Waals surface area contributed by atoms with E-state index in [1.165, 1.54) is 6.42 Å². The van der Waals surface area contributed by atoms with Gasteiger partial charge in [0, 0.05) is 18.6 Å². The summed E-state index contributed by atoms with van der Waals surface area (Å²) in [6.45, 7) is 11.2. The van der Waals surface area contributed by atoms with Gasteiger partial charge < -0.3 is 10.8 Å². The van der Waals surface area contributed by atoms with Crippen LogP contribution >= 0.6 is 0 Å². The third-order valence-electron chi connectivity index (χ3n) is 4.24. The Morgan fingerprint density at radius 2 is 1.94 bits per heavy atom. The molecule has 3 heteroatoms. The highest BCUT2D eigenvalue weighted by Gasteiger charge is 2.31. The summed E-state index contributed by atoms with van der Waals surface area (Å²) in [5, 5.41) is 9.53. The SMILES string of the molecule is CC(C)C(N)C(CO)N1CCC(C)C(C)C1. The first-order valence-corrected chi connectivity index (χ1v) is 6.57. The van der Waals surface area contributed by atoms with E-state index in [2.05, 4.69) is 32.6 Å². The highest BCUT2D eigenvalue weighted by Crippen LogP contribution is 2.25. The van der Waals surface area contributed by atoms with Crippen LogP contribution in [-0.4, -0.2) is 41.8 Å². The Labute approximate surface area is 100 Å². The molecule has 3 nitrogen and oxygen atoms in total. The van der Waals surface area contributed by atoms with Crippen molar-refractivity contribution in [2.75, 3.05) is 19.7 Å². The molecule has 4 unspecified atom stereocenters. The fraction of sp³-hybridized carbons (Fsp3) is 1.00. The zero-order valence-electron chi connectivity index (χ0n) is 11.2. The summed E-state index contributed by atoms with van der Waals surface area (Å²) in [7, 11) is 0. The lowest BCUT2D eigenvalue weighted by atomic mass is 9.86. The number of aliphatic hydroxyl groups excluding tert-OH is 1. The third kappa shape index (κ3) is 3.19. The van der Waals surface area contributed by atoms with Crippen molar-refractivity contribution < 1.29 is 5.11 Å². The van der Waals surface area contributed by atoms with E-state index in [4.69, 9.17) is 5.73 Å². The van der Waals surface area contributed by atoms with Gasteiger partial charge in [0.05, 0.1) is 6.61 Å². The number of aliphatic hydroxyl groups is 1. The van der Waals surface area contributed by atoms with Gasteiger partial charge in [-0.2, -0.15) is 0 Å². The number of nitrogens with two attached hydrogens (primary N) is 1. The first-order chi connectivity index (χ1) is 7.47. The summed E-state index contributed by atoms with van der Waals surface area (Å²) in [6, 6.07) is 0.209. The topological polar surface area (TPSA) is 49.5 Å². The molecule has 1 rings (SSSR count). The third-order valence-corrected chi connectivity index (χ3v) is 4.24. The van der Waals surface area contributed by atoms with E-state index >= 15 is 0 Å². The molecule has 96 valence electrons. The van der Waals surface area contributed by atoms with Gasteiger partial charge in [-0.05, 0) is 30.7 Å². The molecule has 4 atom stereocenters. The second-order valence-corrected chi connectivity index (χ2v) is 5.81. The molecule has 0 aromatic rings. The normalized spacial score (nSPS) is 31.7. The molecular weight excluding hydrogens is 200 g/mol. The van der Waals surface area contributed by atoms with Crippen LogP contribution in [0.25, 0.3) is 0 Å². The first kappa shape index (κ1) is 13.9. The Morgan fingerprint density at radius 1 is 1.31 bits per heavy atom. The van der Waals surface area contributed by atoms with Gasteiger partial charge in [-0.3, -0.25) is 4.90 Å². The van der Waals surface area contributed by atoms with Crippen molar-refractivity contribution in [1.82, 2.24) is 4.90 Å². The van der Waals surface area contributed by atoms with E-state index in [1.54, 1.807) is 0 Å². The van der Waals surface area contributed by atoms with Gasteiger partial charge in [0.15, 0.2) is 0 Å². The van der Waals surface area contributed by atoms with Crippen molar-refractivity contribution in [3.63, 3.8) is 0 Å². The summed E-state index contributed by atoms with van der Waals surface area (Å²) in [4.78, 5) is 2.38. The van der Waals surface area contributed by atoms with Crippen molar-refractivity contribution in [3.05, 3.63) is 0 Å². The minimum Gasteiger partial charge on any atom is -0.395 e. The highest BCUT2D eigenvalue weighted by atomic mass is 16.3. The standard InChI is InChI=1S/C13H28N2O/c1-9(2)13(14)12(8-16)15-6-5-10(3)11(4)7-15/h9-13,16H,5-8,14H2,1-4H3. The largest absolute Gasteiger partial charge is 0.395 e. The molecule has 1 saturated heterocycles. The van der Waals surface area contributed by atoms with E-state index in [9.17, 15) is 5.11 Å². The lowest BCUT2D eigenvalue weighted by Crippen LogP contribution is -2.55. The van der Waals surface area contributed by atoms with Gasteiger partial charge in [-0.25, -0.2) is 0 Å². The van der Waals surface area contributed by atoms with Crippen LogP contribution in [0.5, 0.6) is 0 Å². The minimum absolute atomic E-state index is 0.0746. The lowest BCUT2D eigenvalue weighted by molar-refractivity contribution is 0.0418. The predicted octanol–water partition coefficient (Wildman–Crippen LogP) is 1.31. The maximum absolute atomic E-state index is 9.53. The predicted molar refractivity (Wildman–Crippen MR) is 68.2 cm³/mol. The molecule has 1 aliphatic rings. The van der Waals surface area contributed by atoms with E-state index in [-0.39, 0.29) is 18.7 Å². The summed E-state index contributed by atoms with van der Waals surface area (Å²) in [5.41, 5.74) is 6.18. The van der Waals surface area contributed by atoms with Crippen LogP contribution in [0.4, 0.5) is 0 Å². The highest BCUT2D eigenvalue weighted by molar-refractivity contribution is 4.87. The average molecular weight is 228 g/mol. The maximum Gasteiger partial charge on any atom is 0.0602 e. The number of rotatable bonds is 4. The van der Waals surface area contributed by atoms with E-state index in [0.717, 1.165) is 19.0 Å². The second-order valence-electron chi connectivity index (χ2n) is 5.81. The van der Waals surface area contributed by atoms with E-state index in [1.807, 2.05) is 0 Å². The fourth-order valence-corrected chi connectivity index (χ4v) is 2.52. The Hall–Kier alpha value is -0.120. The Kier molecular flexibility index (Phi) is 5.22. The Balaban J connectivity index is 2.60. The van der Waals surface area contributed by atoms with Crippen LogP contribution in [0.15, 0.2) is 0 Å². The van der Waals surface area contributed by atoms with Crippen LogP contribution in [0.2, 0.25) is 0 Å². The number of likely N-dealkylation sites (tertiary alicyclic amines) is 1. The van der Waals surface area contributed by atoms with Crippen molar-refractivity contribution in [2.45, 2.75) is 46.2 Å². The van der Waals surface area contributed by atoms with Crippen LogP contribution in [0, 0.1) is 17.8 Å². The Morgan fingerprint density at radius 3 is 2.38 bits per heavy atom. The van der Waals surface area contributed by atoms with Crippen LogP contribution < -0.4 is 5.73 Å². The van der Waals surface area contributed by atoms with Crippen LogP contribution in [0.3, 0.4) is 0 Å². The summed E-state index contributed by atoms with van der Waals surface area (Å²) in [6.07, 6.45) is 1.22. The van der Waals surface area contributed by atoms with Gasteiger partial charge in [0.1, 0.15) is 0 Å². The molecule has 0 radical (unpaired) electrons. The number of hydrogen-bond acceptors (Lipinski definition) is 3. The molecule has 0 bridgehead atoms. The van der Waals surface area contributed by atoms with Crippen molar-refractivity contribution >= 4 is 0 Å². The summed E-state index contributed by atoms with van der Waals surface area (Å²) >= 11 is 0. The molecule has 0 saturated carbocycles. The maximum atomic E-state index is 9.53. The quantitative estimate of drug-likeness (QED) is 0.763. The van der Waals surface area contributed by atoms with Gasteiger partial charge in [-0.15, -0.1) is 0 Å². The number of nitrogens with zero attached hydrogens (tertiary/aromatic N) is 1. The second kappa shape index (κ2) is 5.99. The molecule has 0 aromatic carbocycles. The molecule has 3 N–H and O–H groups in total. The Bertz CT molecular complexity index is 208. The van der Waals surface area contributed by atoms with E-state index in [0.29, 0.717) is 11.8 Å². The summed E-state index contributed by atoms with van der Waals surface area (Å²) < 4.78 is 0. The lowest BCUT2D eigenvalue weighted by Gasteiger charge is -2.42. The van der Waals surface area contributed by atoms with E-state index < -0.39 is 0 Å². The van der Waals surface area contributed by atoms with Crippen LogP contribution in [0.1, 0.15) is 34.1 Å². The molecule has 0 aliphatic carbocycles. The molecule has 0 amide bonds. The molecule has 0 aromatic heterocycles. The van der Waals surface area contributed by atoms with Gasteiger partial charge in [-0.1, -0.05) is 27.7 Å². The number of piperidine rings is 1. The average Bonchev–Trinajstić information content (AvgIpc) is 2.24. The molecular formula is C13H28N2O. The molecule has 1 fully saturated rings. The monoisotopic (exact) mass is 228 g/mol. The summed E-state index contributed by atoms with van der Waals surface area (Å²) in [5.74, 6) is 1.93. The van der Waals surface area contributed by atoms with Crippen molar-refractivity contribution in [3.8, 4) is 0 Å². The van der Waals surface area contributed by atoms with Crippen molar-refractivity contribution in [1.29, 1.82) is 0 Å². The first-order valence-electron chi connectivity index (χ1n) is 6.57. The molecule has 1 aliphatic heterocycles. The zero-order valence-corrected chi connectivity index (χ0v) is 11.2. The van der Waals surface area contributed by atoms with Gasteiger partial charge in [0.2, 0.25) is 0 Å². The molecule has 0 spiro atoms. The molecule has 16 heavy (non-hydrogen) atoms.